The van der Waals surface area contributed by atoms with Crippen LogP contribution in [0.15, 0.2) is 0 Å². The first-order valence-electron chi connectivity index (χ1n) is 4.35. The highest BCUT2D eigenvalue weighted by Gasteiger charge is 2.44. The van der Waals surface area contributed by atoms with E-state index in [1.54, 1.807) is 0 Å². The third kappa shape index (κ3) is 1.04. The van der Waals surface area contributed by atoms with Crippen molar-refractivity contribution in [1.82, 2.24) is 5.32 Å². The van der Waals surface area contributed by atoms with Gasteiger partial charge < -0.3 is 5.32 Å². The molecule has 60 valence electrons. The van der Waals surface area contributed by atoms with Gasteiger partial charge in [0.2, 0.25) is 0 Å². The molecule has 0 spiro atoms. The van der Waals surface area contributed by atoms with Crippen molar-refractivity contribution < 1.29 is 0 Å². The van der Waals surface area contributed by atoms with Gasteiger partial charge in [0, 0.05) is 0 Å². The van der Waals surface area contributed by atoms with Crippen LogP contribution in [0.25, 0.3) is 0 Å². The molecular weight excluding hydrogens is 136 g/mol. The van der Waals surface area contributed by atoms with Crippen molar-refractivity contribution in [2.45, 2.75) is 19.8 Å². The molecule has 0 aromatic rings. The summed E-state index contributed by atoms with van der Waals surface area (Å²) in [6.07, 6.45) is 2.22. The summed E-state index contributed by atoms with van der Waals surface area (Å²) < 4.78 is 0. The summed E-state index contributed by atoms with van der Waals surface area (Å²) in [6, 6.07) is 2.44. The smallest absolute Gasteiger partial charge is 0.0687 e. The van der Waals surface area contributed by atoms with Gasteiger partial charge in [0.1, 0.15) is 0 Å². The Morgan fingerprint density at radius 2 is 1.91 bits per heavy atom. The van der Waals surface area contributed by atoms with Gasteiger partial charge in [0.25, 0.3) is 0 Å². The monoisotopic (exact) mass is 150 g/mol. The number of nitriles is 1. The van der Waals surface area contributed by atoms with Gasteiger partial charge in [-0.1, -0.05) is 0 Å². The summed E-state index contributed by atoms with van der Waals surface area (Å²) in [5, 5.41) is 12.3. The van der Waals surface area contributed by atoms with Crippen molar-refractivity contribution >= 4 is 0 Å². The van der Waals surface area contributed by atoms with Crippen LogP contribution in [0.1, 0.15) is 19.8 Å². The van der Waals surface area contributed by atoms with Crippen molar-refractivity contribution in [2.24, 2.45) is 17.3 Å². The molecule has 0 amide bonds. The molecule has 1 saturated heterocycles. The van der Waals surface area contributed by atoms with Gasteiger partial charge in [-0.05, 0) is 44.7 Å². The molecule has 0 radical (unpaired) electrons. The van der Waals surface area contributed by atoms with E-state index in [1.807, 2.05) is 0 Å². The fraction of sp³-hybridized carbons (Fsp3) is 0.889. The minimum atomic E-state index is -0.00255. The zero-order valence-electron chi connectivity index (χ0n) is 6.93. The van der Waals surface area contributed by atoms with E-state index in [2.05, 4.69) is 18.3 Å². The van der Waals surface area contributed by atoms with Gasteiger partial charge in [-0.15, -0.1) is 0 Å². The fourth-order valence-corrected chi connectivity index (χ4v) is 2.60. The SMILES string of the molecule is CC1(C#N)C[C@H]2CNC[C@H]2C1. The lowest BCUT2D eigenvalue weighted by Crippen LogP contribution is -2.16. The van der Waals surface area contributed by atoms with E-state index in [0.29, 0.717) is 0 Å². The maximum Gasteiger partial charge on any atom is 0.0687 e. The highest BCUT2D eigenvalue weighted by atomic mass is 14.9. The van der Waals surface area contributed by atoms with Gasteiger partial charge in [0.05, 0.1) is 11.5 Å². The fourth-order valence-electron chi connectivity index (χ4n) is 2.60. The van der Waals surface area contributed by atoms with Crippen LogP contribution < -0.4 is 5.32 Å². The Morgan fingerprint density at radius 1 is 1.36 bits per heavy atom. The second-order valence-electron chi connectivity index (χ2n) is 4.26. The molecule has 1 aliphatic heterocycles. The lowest BCUT2D eigenvalue weighted by atomic mass is 9.89. The predicted molar refractivity (Wildman–Crippen MR) is 42.8 cm³/mol. The molecule has 1 saturated carbocycles. The third-order valence-corrected chi connectivity index (χ3v) is 3.18. The Kier molecular flexibility index (Phi) is 1.43. The molecule has 0 aromatic carbocycles. The number of nitrogens with zero attached hydrogens (tertiary/aromatic N) is 1. The number of hydrogen-bond acceptors (Lipinski definition) is 2. The molecule has 11 heavy (non-hydrogen) atoms. The van der Waals surface area contributed by atoms with Crippen LogP contribution in [-0.2, 0) is 0 Å². The summed E-state index contributed by atoms with van der Waals surface area (Å²) >= 11 is 0. The quantitative estimate of drug-likeness (QED) is 0.562. The normalized spacial score (nSPS) is 48.7. The molecule has 2 aliphatic rings. The first-order chi connectivity index (χ1) is 5.23. The van der Waals surface area contributed by atoms with Gasteiger partial charge in [-0.25, -0.2) is 0 Å². The third-order valence-electron chi connectivity index (χ3n) is 3.18. The second kappa shape index (κ2) is 2.22. The van der Waals surface area contributed by atoms with Crippen LogP contribution in [0, 0.1) is 28.6 Å². The summed E-state index contributed by atoms with van der Waals surface area (Å²) in [7, 11) is 0. The topological polar surface area (TPSA) is 35.8 Å². The van der Waals surface area contributed by atoms with Gasteiger partial charge >= 0.3 is 0 Å². The van der Waals surface area contributed by atoms with Crippen molar-refractivity contribution in [3.8, 4) is 6.07 Å². The summed E-state index contributed by atoms with van der Waals surface area (Å²) in [5.74, 6) is 1.58. The number of rotatable bonds is 0. The maximum absolute atomic E-state index is 8.91. The van der Waals surface area contributed by atoms with Gasteiger partial charge in [-0.2, -0.15) is 5.26 Å². The predicted octanol–water partition coefficient (Wildman–Crippen LogP) is 1.15. The average molecular weight is 150 g/mol. The van der Waals surface area contributed by atoms with Crippen LogP contribution >= 0.6 is 0 Å². The molecule has 1 N–H and O–H groups in total. The Balaban J connectivity index is 2.11. The molecule has 2 fully saturated rings. The molecule has 3 atom stereocenters. The van der Waals surface area contributed by atoms with Crippen LogP contribution in [0.5, 0.6) is 0 Å². The zero-order chi connectivity index (χ0) is 7.90. The standard InChI is InChI=1S/C9H14N2/c1-9(6-10)2-7-4-11-5-8(7)3-9/h7-8,11H,2-5H2,1H3/t7-,8+,9?. The highest BCUT2D eigenvalue weighted by Crippen LogP contribution is 2.46. The Labute approximate surface area is 67.6 Å². The number of hydrogen-bond donors (Lipinski definition) is 1. The molecule has 1 unspecified atom stereocenters. The van der Waals surface area contributed by atoms with Crippen molar-refractivity contribution in [3.63, 3.8) is 0 Å². The average Bonchev–Trinajstić information content (AvgIpc) is 2.46. The van der Waals surface area contributed by atoms with Crippen LogP contribution in [-0.4, -0.2) is 13.1 Å². The van der Waals surface area contributed by atoms with E-state index >= 15 is 0 Å². The lowest BCUT2D eigenvalue weighted by Gasteiger charge is -2.13. The first-order valence-corrected chi connectivity index (χ1v) is 4.35. The van der Waals surface area contributed by atoms with Gasteiger partial charge in [0.15, 0.2) is 0 Å². The Morgan fingerprint density at radius 3 is 2.36 bits per heavy atom. The van der Waals surface area contributed by atoms with Crippen LogP contribution in [0.2, 0.25) is 0 Å². The molecule has 2 rings (SSSR count). The minimum Gasteiger partial charge on any atom is -0.316 e. The van der Waals surface area contributed by atoms with E-state index < -0.39 is 0 Å². The highest BCUT2D eigenvalue weighted by molar-refractivity contribution is 5.06. The van der Waals surface area contributed by atoms with E-state index in [-0.39, 0.29) is 5.41 Å². The molecule has 0 bridgehead atoms. The minimum absolute atomic E-state index is 0.00255. The molecule has 0 aromatic heterocycles. The zero-order valence-corrected chi connectivity index (χ0v) is 6.93. The second-order valence-corrected chi connectivity index (χ2v) is 4.26. The molecule has 2 nitrogen and oxygen atoms in total. The Hall–Kier alpha value is -0.550. The van der Waals surface area contributed by atoms with Crippen LogP contribution in [0.3, 0.4) is 0 Å². The molecular formula is C9H14N2. The van der Waals surface area contributed by atoms with Crippen molar-refractivity contribution in [3.05, 3.63) is 0 Å². The van der Waals surface area contributed by atoms with E-state index in [0.717, 1.165) is 37.8 Å². The van der Waals surface area contributed by atoms with Crippen molar-refractivity contribution in [2.75, 3.05) is 13.1 Å². The summed E-state index contributed by atoms with van der Waals surface area (Å²) in [5.41, 5.74) is -0.00255. The summed E-state index contributed by atoms with van der Waals surface area (Å²) in [4.78, 5) is 0. The Bertz CT molecular complexity index is 192. The van der Waals surface area contributed by atoms with Crippen LogP contribution in [0.4, 0.5) is 0 Å². The lowest BCUT2D eigenvalue weighted by molar-refractivity contribution is 0.417. The molecule has 1 heterocycles. The molecule has 1 aliphatic carbocycles. The number of fused-ring (bicyclic) bond motifs is 1. The van der Waals surface area contributed by atoms with Crippen molar-refractivity contribution in [1.29, 1.82) is 5.26 Å². The summed E-state index contributed by atoms with van der Waals surface area (Å²) in [6.45, 7) is 4.38. The van der Waals surface area contributed by atoms with E-state index in [1.165, 1.54) is 0 Å². The van der Waals surface area contributed by atoms with Gasteiger partial charge in [-0.3, -0.25) is 0 Å². The molecule has 2 heteroatoms. The van der Waals surface area contributed by atoms with E-state index in [4.69, 9.17) is 5.26 Å². The maximum atomic E-state index is 8.91. The largest absolute Gasteiger partial charge is 0.316 e. The van der Waals surface area contributed by atoms with E-state index in [9.17, 15) is 0 Å². The first kappa shape index (κ1) is 7.12. The number of nitrogens with one attached hydrogen (secondary N) is 1.